The van der Waals surface area contributed by atoms with Crippen molar-refractivity contribution in [3.63, 3.8) is 0 Å². The van der Waals surface area contributed by atoms with Crippen molar-refractivity contribution in [2.75, 3.05) is 19.1 Å². The molecule has 0 aliphatic carbocycles. The van der Waals surface area contributed by atoms with Crippen LogP contribution in [0.3, 0.4) is 0 Å². The molecule has 106 valence electrons. The van der Waals surface area contributed by atoms with Crippen LogP contribution in [0.5, 0.6) is 5.75 Å². The van der Waals surface area contributed by atoms with Gasteiger partial charge in [-0.1, -0.05) is 25.1 Å². The number of ether oxygens (including phenoxy) is 1. The fourth-order valence-corrected chi connectivity index (χ4v) is 2.38. The van der Waals surface area contributed by atoms with Gasteiger partial charge in [0.1, 0.15) is 22.0 Å². The highest BCUT2D eigenvalue weighted by molar-refractivity contribution is 9.10. The summed E-state index contributed by atoms with van der Waals surface area (Å²) in [5, 5.41) is 0. The number of hydrogen-bond donors (Lipinski definition) is 0. The van der Waals surface area contributed by atoms with Gasteiger partial charge in [0.25, 0.3) is 0 Å². The number of methoxy groups -OCH3 is 1. The minimum atomic E-state index is 0.733. The average molecular weight is 336 g/mol. The first-order chi connectivity index (χ1) is 9.63. The Morgan fingerprint density at radius 2 is 2.00 bits per heavy atom. The monoisotopic (exact) mass is 335 g/mol. The molecule has 1 aromatic carbocycles. The van der Waals surface area contributed by atoms with E-state index in [1.807, 2.05) is 38.2 Å². The number of aryl methyl sites for hydroxylation is 1. The van der Waals surface area contributed by atoms with E-state index in [1.165, 1.54) is 0 Å². The Morgan fingerprint density at radius 3 is 2.70 bits per heavy atom. The first-order valence-electron chi connectivity index (χ1n) is 6.50. The lowest BCUT2D eigenvalue weighted by molar-refractivity contribution is 0.409. The van der Waals surface area contributed by atoms with Crippen molar-refractivity contribution in [2.24, 2.45) is 0 Å². The number of aromatic nitrogens is 2. The molecule has 4 nitrogen and oxygen atoms in total. The maximum atomic E-state index is 5.38. The fraction of sp³-hybridized carbons (Fsp3) is 0.333. The zero-order chi connectivity index (χ0) is 14.5. The van der Waals surface area contributed by atoms with Crippen LogP contribution >= 0.6 is 15.9 Å². The molecule has 5 heteroatoms. The second kappa shape index (κ2) is 6.70. The predicted molar refractivity (Wildman–Crippen MR) is 84.2 cm³/mol. The number of nitrogens with zero attached hydrogens (tertiary/aromatic N) is 3. The summed E-state index contributed by atoms with van der Waals surface area (Å²) in [5.74, 6) is 2.62. The Morgan fingerprint density at radius 1 is 1.25 bits per heavy atom. The lowest BCUT2D eigenvalue weighted by Gasteiger charge is -2.20. The zero-order valence-electron chi connectivity index (χ0n) is 11.9. The van der Waals surface area contributed by atoms with E-state index in [4.69, 9.17) is 4.74 Å². The minimum absolute atomic E-state index is 0.733. The van der Waals surface area contributed by atoms with Crippen molar-refractivity contribution in [3.8, 4) is 5.75 Å². The minimum Gasteiger partial charge on any atom is -0.496 e. The largest absolute Gasteiger partial charge is 0.496 e. The first-order valence-corrected chi connectivity index (χ1v) is 7.29. The molecule has 1 heterocycles. The molecule has 20 heavy (non-hydrogen) atoms. The third-order valence-electron chi connectivity index (χ3n) is 3.04. The van der Waals surface area contributed by atoms with Crippen LogP contribution in [0, 0.1) is 0 Å². The number of benzene rings is 1. The maximum Gasteiger partial charge on any atom is 0.133 e. The van der Waals surface area contributed by atoms with Gasteiger partial charge in [-0.15, -0.1) is 0 Å². The normalized spacial score (nSPS) is 10.4. The van der Waals surface area contributed by atoms with Crippen molar-refractivity contribution in [3.05, 3.63) is 46.3 Å². The smallest absolute Gasteiger partial charge is 0.133 e. The van der Waals surface area contributed by atoms with Gasteiger partial charge >= 0.3 is 0 Å². The number of anilines is 1. The summed E-state index contributed by atoms with van der Waals surface area (Å²) in [4.78, 5) is 11.0. The quantitative estimate of drug-likeness (QED) is 0.784. The summed E-state index contributed by atoms with van der Waals surface area (Å²) in [6.07, 6.45) is 0.814. The van der Waals surface area contributed by atoms with E-state index < -0.39 is 0 Å². The number of para-hydroxylation sites is 1. The Hall–Kier alpha value is -1.62. The van der Waals surface area contributed by atoms with E-state index >= 15 is 0 Å². The Labute approximate surface area is 127 Å². The van der Waals surface area contributed by atoms with Gasteiger partial charge in [0.2, 0.25) is 0 Å². The second-order valence-electron chi connectivity index (χ2n) is 4.49. The van der Waals surface area contributed by atoms with Gasteiger partial charge in [0.15, 0.2) is 0 Å². The highest BCUT2D eigenvalue weighted by Crippen LogP contribution is 2.22. The molecule has 0 aliphatic rings. The summed E-state index contributed by atoms with van der Waals surface area (Å²) in [7, 11) is 3.70. The molecule has 0 N–H and O–H groups in total. The average Bonchev–Trinajstić information content (AvgIpc) is 2.47. The van der Waals surface area contributed by atoms with Crippen LogP contribution in [0.25, 0.3) is 0 Å². The molecule has 0 atom stereocenters. The number of rotatable bonds is 5. The molecule has 0 saturated carbocycles. The van der Waals surface area contributed by atoms with Crippen LogP contribution in [-0.2, 0) is 13.0 Å². The lowest BCUT2D eigenvalue weighted by atomic mass is 10.2. The van der Waals surface area contributed by atoms with Crippen molar-refractivity contribution in [1.29, 1.82) is 0 Å². The fourth-order valence-electron chi connectivity index (χ4n) is 1.98. The Balaban J connectivity index is 2.23. The highest BCUT2D eigenvalue weighted by Gasteiger charge is 2.09. The van der Waals surface area contributed by atoms with Crippen LogP contribution < -0.4 is 9.64 Å². The molecular weight excluding hydrogens is 318 g/mol. The first kappa shape index (κ1) is 14.8. The topological polar surface area (TPSA) is 38.2 Å². The summed E-state index contributed by atoms with van der Waals surface area (Å²) < 4.78 is 6.19. The molecule has 1 aromatic heterocycles. The standard InChI is InChI=1S/C15H18BrN3O/c1-4-14-17-13(16)9-15(18-14)19(2)10-11-7-5-6-8-12(11)20-3/h5-9H,4,10H2,1-3H3. The lowest BCUT2D eigenvalue weighted by Crippen LogP contribution is -2.19. The number of hydrogen-bond acceptors (Lipinski definition) is 4. The van der Waals surface area contributed by atoms with Gasteiger partial charge in [0.05, 0.1) is 7.11 Å². The van der Waals surface area contributed by atoms with Crippen molar-refractivity contribution >= 4 is 21.7 Å². The highest BCUT2D eigenvalue weighted by atomic mass is 79.9. The Bertz CT molecular complexity index is 589. The van der Waals surface area contributed by atoms with E-state index in [9.17, 15) is 0 Å². The predicted octanol–water partition coefficient (Wildman–Crippen LogP) is 3.45. The summed E-state index contributed by atoms with van der Waals surface area (Å²) in [6, 6.07) is 9.94. The van der Waals surface area contributed by atoms with E-state index in [1.54, 1.807) is 7.11 Å². The third kappa shape index (κ3) is 3.48. The third-order valence-corrected chi connectivity index (χ3v) is 3.44. The van der Waals surface area contributed by atoms with Gasteiger partial charge in [0, 0.05) is 31.6 Å². The molecule has 2 rings (SSSR count). The van der Waals surface area contributed by atoms with Gasteiger partial charge in [-0.2, -0.15) is 0 Å². The van der Waals surface area contributed by atoms with Crippen molar-refractivity contribution in [2.45, 2.75) is 19.9 Å². The molecule has 0 bridgehead atoms. The van der Waals surface area contributed by atoms with E-state index in [-0.39, 0.29) is 0 Å². The van der Waals surface area contributed by atoms with Crippen LogP contribution in [-0.4, -0.2) is 24.1 Å². The molecular formula is C15H18BrN3O. The van der Waals surface area contributed by atoms with Gasteiger partial charge in [-0.3, -0.25) is 0 Å². The molecule has 0 fully saturated rings. The molecule has 0 radical (unpaired) electrons. The van der Waals surface area contributed by atoms with Crippen LogP contribution in [0.2, 0.25) is 0 Å². The molecule has 0 unspecified atom stereocenters. The molecule has 2 aromatic rings. The van der Waals surface area contributed by atoms with E-state index in [2.05, 4.69) is 36.9 Å². The zero-order valence-corrected chi connectivity index (χ0v) is 13.5. The van der Waals surface area contributed by atoms with Gasteiger partial charge < -0.3 is 9.64 Å². The molecule has 0 spiro atoms. The van der Waals surface area contributed by atoms with Crippen molar-refractivity contribution < 1.29 is 4.74 Å². The van der Waals surface area contributed by atoms with Crippen LogP contribution in [0.1, 0.15) is 18.3 Å². The SMILES string of the molecule is CCc1nc(Br)cc(N(C)Cc2ccccc2OC)n1. The van der Waals surface area contributed by atoms with Crippen molar-refractivity contribution in [1.82, 2.24) is 9.97 Å². The summed E-state index contributed by atoms with van der Waals surface area (Å²) in [5.41, 5.74) is 1.13. The van der Waals surface area contributed by atoms with Gasteiger partial charge in [-0.25, -0.2) is 9.97 Å². The number of halogens is 1. The van der Waals surface area contributed by atoms with Crippen LogP contribution in [0.15, 0.2) is 34.9 Å². The molecule has 0 amide bonds. The summed E-state index contributed by atoms with van der Waals surface area (Å²) >= 11 is 3.43. The molecule has 0 saturated heterocycles. The maximum absolute atomic E-state index is 5.38. The summed E-state index contributed by atoms with van der Waals surface area (Å²) in [6.45, 7) is 2.78. The van der Waals surface area contributed by atoms with Crippen LogP contribution in [0.4, 0.5) is 5.82 Å². The molecule has 0 aliphatic heterocycles. The van der Waals surface area contributed by atoms with Gasteiger partial charge in [-0.05, 0) is 22.0 Å². The second-order valence-corrected chi connectivity index (χ2v) is 5.30. The van der Waals surface area contributed by atoms with E-state index in [0.29, 0.717) is 0 Å². The van der Waals surface area contributed by atoms with E-state index in [0.717, 1.165) is 40.5 Å². The Kier molecular flexibility index (Phi) is 4.95.